The number of rotatable bonds is 5. The number of halogens is 1. The van der Waals surface area contributed by atoms with E-state index in [0.717, 1.165) is 35.1 Å². The Morgan fingerprint density at radius 2 is 1.91 bits per heavy atom. The fourth-order valence-electron chi connectivity index (χ4n) is 4.00. The van der Waals surface area contributed by atoms with Crippen LogP contribution in [0.5, 0.6) is 0 Å². The molecule has 1 amide bonds. The summed E-state index contributed by atoms with van der Waals surface area (Å²) in [4.78, 5) is 30.6. The van der Waals surface area contributed by atoms with Crippen LogP contribution in [0.15, 0.2) is 65.1 Å². The van der Waals surface area contributed by atoms with Crippen molar-refractivity contribution >= 4 is 56.7 Å². The number of aromatic nitrogens is 1. The van der Waals surface area contributed by atoms with Gasteiger partial charge in [0.2, 0.25) is 5.89 Å². The van der Waals surface area contributed by atoms with E-state index in [1.165, 1.54) is 12.1 Å². The summed E-state index contributed by atoms with van der Waals surface area (Å²) in [6.45, 7) is 1.65. The summed E-state index contributed by atoms with van der Waals surface area (Å²) in [5.41, 5.74) is 3.50. The van der Waals surface area contributed by atoms with E-state index in [1.54, 1.807) is 24.3 Å². The van der Waals surface area contributed by atoms with Crippen molar-refractivity contribution in [2.45, 2.75) is 12.8 Å². The number of hydrogen-bond acceptors (Lipinski definition) is 6. The summed E-state index contributed by atoms with van der Waals surface area (Å²) in [5.74, 6) is 0.100. The lowest BCUT2D eigenvalue weighted by Gasteiger charge is -2.20. The fraction of sp³-hybridized carbons (Fsp3) is 0.167. The molecule has 1 aliphatic heterocycles. The third-order valence-electron chi connectivity index (χ3n) is 5.60. The first-order valence-corrected chi connectivity index (χ1v) is 11.6. The molecule has 0 atom stereocenters. The van der Waals surface area contributed by atoms with E-state index in [4.69, 9.17) is 4.42 Å². The zero-order chi connectivity index (χ0) is 22.9. The Balaban J connectivity index is 1.45. The zero-order valence-electron chi connectivity index (χ0n) is 17.5. The Kier molecular flexibility index (Phi) is 5.71. The molecule has 3 aromatic carbocycles. The van der Waals surface area contributed by atoms with Crippen LogP contribution in [0.2, 0.25) is 0 Å². The second kappa shape index (κ2) is 8.81. The summed E-state index contributed by atoms with van der Waals surface area (Å²) in [6, 6.07) is 17.5. The average molecular weight is 554 g/mol. The molecule has 1 aromatic heterocycles. The molecule has 0 bridgehead atoms. The van der Waals surface area contributed by atoms with Crippen molar-refractivity contribution in [2.75, 3.05) is 23.3 Å². The van der Waals surface area contributed by atoms with E-state index in [0.29, 0.717) is 28.4 Å². The van der Waals surface area contributed by atoms with Gasteiger partial charge in [-0.15, -0.1) is 0 Å². The minimum atomic E-state index is -0.488. The average Bonchev–Trinajstić information content (AvgIpc) is 3.48. The fourth-order valence-corrected chi connectivity index (χ4v) is 4.54. The predicted molar refractivity (Wildman–Crippen MR) is 135 cm³/mol. The van der Waals surface area contributed by atoms with Gasteiger partial charge in [-0.05, 0) is 77.9 Å². The zero-order valence-corrected chi connectivity index (χ0v) is 19.6. The van der Waals surface area contributed by atoms with Crippen molar-refractivity contribution in [1.82, 2.24) is 4.98 Å². The maximum Gasteiger partial charge on any atom is 0.270 e. The number of nitrogens with zero attached hydrogens (tertiary/aromatic N) is 3. The molecular formula is C24H19IN4O4. The van der Waals surface area contributed by atoms with E-state index >= 15 is 0 Å². The van der Waals surface area contributed by atoms with Gasteiger partial charge in [-0.3, -0.25) is 14.9 Å². The molecule has 33 heavy (non-hydrogen) atoms. The number of non-ortho nitro benzene ring substituents is 1. The van der Waals surface area contributed by atoms with Crippen LogP contribution in [0.25, 0.3) is 22.6 Å². The van der Waals surface area contributed by atoms with Gasteiger partial charge >= 0.3 is 0 Å². The molecule has 1 saturated heterocycles. The number of benzene rings is 3. The van der Waals surface area contributed by atoms with Crippen molar-refractivity contribution < 1.29 is 14.1 Å². The quantitative estimate of drug-likeness (QED) is 0.189. The van der Waals surface area contributed by atoms with Crippen molar-refractivity contribution in [3.05, 3.63) is 79.9 Å². The summed E-state index contributed by atoms with van der Waals surface area (Å²) < 4.78 is 6.95. The first-order valence-electron chi connectivity index (χ1n) is 10.5. The minimum absolute atomic E-state index is 0.114. The summed E-state index contributed by atoms with van der Waals surface area (Å²) in [6.07, 6.45) is 2.06. The van der Waals surface area contributed by atoms with Crippen LogP contribution in [-0.2, 0) is 0 Å². The van der Waals surface area contributed by atoms with E-state index in [9.17, 15) is 14.9 Å². The van der Waals surface area contributed by atoms with Gasteiger partial charge in [-0.2, -0.15) is 0 Å². The number of amides is 1. The first kappa shape index (κ1) is 21.4. The molecule has 166 valence electrons. The molecule has 1 N–H and O–H groups in total. The molecule has 0 aliphatic carbocycles. The molecule has 2 heterocycles. The van der Waals surface area contributed by atoms with Crippen LogP contribution in [-0.4, -0.2) is 28.9 Å². The second-order valence-electron chi connectivity index (χ2n) is 7.82. The highest BCUT2D eigenvalue weighted by molar-refractivity contribution is 14.1. The normalized spacial score (nSPS) is 13.4. The maximum atomic E-state index is 13.2. The summed E-state index contributed by atoms with van der Waals surface area (Å²) in [7, 11) is 0. The van der Waals surface area contributed by atoms with Gasteiger partial charge in [0.25, 0.3) is 11.6 Å². The molecular weight excluding hydrogens is 535 g/mol. The Labute approximate surface area is 202 Å². The maximum absolute atomic E-state index is 13.2. The second-order valence-corrected chi connectivity index (χ2v) is 9.06. The lowest BCUT2D eigenvalue weighted by molar-refractivity contribution is -0.384. The van der Waals surface area contributed by atoms with Crippen molar-refractivity contribution in [3.63, 3.8) is 0 Å². The van der Waals surface area contributed by atoms with Gasteiger partial charge < -0.3 is 14.6 Å². The van der Waals surface area contributed by atoms with Gasteiger partial charge in [-0.1, -0.05) is 6.07 Å². The standard InChI is InChI=1S/C24H19IN4O4/c25-16-5-3-4-15(12-16)24-27-20-13-17(6-9-22(20)33-24)26-23(30)19-14-18(29(31)32)7-8-21(19)28-10-1-2-11-28/h3-9,12-14H,1-2,10-11H2,(H,26,30). The Morgan fingerprint density at radius 3 is 2.67 bits per heavy atom. The Bertz CT molecular complexity index is 1380. The van der Waals surface area contributed by atoms with Crippen LogP contribution < -0.4 is 10.2 Å². The van der Waals surface area contributed by atoms with Gasteiger partial charge in [0.05, 0.1) is 16.2 Å². The molecule has 0 radical (unpaired) electrons. The molecule has 4 aromatic rings. The summed E-state index contributed by atoms with van der Waals surface area (Å²) in [5, 5.41) is 14.2. The lowest BCUT2D eigenvalue weighted by Crippen LogP contribution is -2.23. The minimum Gasteiger partial charge on any atom is -0.436 e. The largest absolute Gasteiger partial charge is 0.436 e. The number of nitro groups is 1. The van der Waals surface area contributed by atoms with Gasteiger partial charge in [-0.25, -0.2) is 4.98 Å². The van der Waals surface area contributed by atoms with E-state index in [1.807, 2.05) is 24.3 Å². The van der Waals surface area contributed by atoms with Crippen molar-refractivity contribution in [3.8, 4) is 11.5 Å². The Morgan fingerprint density at radius 1 is 1.09 bits per heavy atom. The smallest absolute Gasteiger partial charge is 0.270 e. The van der Waals surface area contributed by atoms with Crippen molar-refractivity contribution in [2.24, 2.45) is 0 Å². The van der Waals surface area contributed by atoms with E-state index in [2.05, 4.69) is 37.8 Å². The van der Waals surface area contributed by atoms with E-state index in [-0.39, 0.29) is 11.3 Å². The number of oxazole rings is 1. The molecule has 8 nitrogen and oxygen atoms in total. The SMILES string of the molecule is O=C(Nc1ccc2oc(-c3cccc(I)c3)nc2c1)c1cc([N+](=O)[O-])ccc1N1CCCC1. The highest BCUT2D eigenvalue weighted by Crippen LogP contribution is 2.30. The van der Waals surface area contributed by atoms with Crippen LogP contribution in [0.3, 0.4) is 0 Å². The molecule has 9 heteroatoms. The monoisotopic (exact) mass is 554 g/mol. The van der Waals surface area contributed by atoms with Gasteiger partial charge in [0.1, 0.15) is 5.52 Å². The number of anilines is 2. The summed E-state index contributed by atoms with van der Waals surface area (Å²) >= 11 is 2.23. The molecule has 5 rings (SSSR count). The number of nitro benzene ring substituents is 1. The lowest BCUT2D eigenvalue weighted by atomic mass is 10.1. The van der Waals surface area contributed by atoms with E-state index < -0.39 is 10.8 Å². The van der Waals surface area contributed by atoms with Crippen LogP contribution in [0, 0.1) is 13.7 Å². The number of hydrogen-bond donors (Lipinski definition) is 1. The molecule has 1 aliphatic rings. The van der Waals surface area contributed by atoms with Crippen molar-refractivity contribution in [1.29, 1.82) is 0 Å². The van der Waals surface area contributed by atoms with Crippen LogP contribution >= 0.6 is 22.6 Å². The molecule has 0 saturated carbocycles. The third-order valence-corrected chi connectivity index (χ3v) is 6.27. The highest BCUT2D eigenvalue weighted by atomic mass is 127. The predicted octanol–water partition coefficient (Wildman–Crippen LogP) is 5.86. The molecule has 0 unspecified atom stereocenters. The Hall–Kier alpha value is -3.47. The highest BCUT2D eigenvalue weighted by Gasteiger charge is 2.23. The molecule has 1 fully saturated rings. The molecule has 0 spiro atoms. The van der Waals surface area contributed by atoms with Crippen LogP contribution in [0.1, 0.15) is 23.2 Å². The first-order chi connectivity index (χ1) is 16.0. The van der Waals surface area contributed by atoms with Gasteiger partial charge in [0.15, 0.2) is 5.58 Å². The topological polar surface area (TPSA) is 102 Å². The van der Waals surface area contributed by atoms with Gasteiger partial charge in [0, 0.05) is 40.0 Å². The third kappa shape index (κ3) is 4.40. The van der Waals surface area contributed by atoms with Crippen LogP contribution in [0.4, 0.5) is 17.1 Å². The number of carbonyl (C=O) groups excluding carboxylic acids is 1. The number of nitrogens with one attached hydrogen (secondary N) is 1. The number of fused-ring (bicyclic) bond motifs is 1. The number of carbonyl (C=O) groups is 1.